The van der Waals surface area contributed by atoms with E-state index in [1.165, 1.54) is 0 Å². The zero-order chi connectivity index (χ0) is 18.3. The summed E-state index contributed by atoms with van der Waals surface area (Å²) in [5.41, 5.74) is 0. The molecule has 0 saturated carbocycles. The van der Waals surface area contributed by atoms with Crippen LogP contribution in [-0.2, 0) is 28.3 Å². The Morgan fingerprint density at radius 2 is 1.17 bits per heavy atom. The van der Waals surface area contributed by atoms with E-state index in [1.54, 1.807) is 0 Å². The van der Waals surface area contributed by atoms with Gasteiger partial charge in [0.2, 0.25) is 0 Å². The molecule has 0 aliphatic heterocycles. The summed E-state index contributed by atoms with van der Waals surface area (Å²) in [6.07, 6.45) is 1.77. The van der Waals surface area contributed by atoms with Gasteiger partial charge in [0.15, 0.2) is 0 Å². The molecule has 0 aromatic carbocycles. The molecule has 7 heteroatoms. The van der Waals surface area contributed by atoms with Gasteiger partial charge in [-0.3, -0.25) is 0 Å². The van der Waals surface area contributed by atoms with Gasteiger partial charge in [-0.25, -0.2) is 0 Å². The number of rotatable bonds is 16. The summed E-state index contributed by atoms with van der Waals surface area (Å²) in [7, 11) is 0. The number of hydrogen-bond acceptors (Lipinski definition) is 6. The third kappa shape index (κ3) is 12.2. The van der Waals surface area contributed by atoms with Gasteiger partial charge in [0, 0.05) is 0 Å². The zero-order valence-electron chi connectivity index (χ0n) is 16.2. The van der Waals surface area contributed by atoms with Crippen molar-refractivity contribution >= 4 is 12.8 Å². The van der Waals surface area contributed by atoms with E-state index in [4.69, 9.17) is 23.5 Å². The van der Waals surface area contributed by atoms with Crippen molar-refractivity contribution in [1.29, 1.82) is 0 Å². The van der Waals surface area contributed by atoms with Crippen molar-refractivity contribution in [3.05, 3.63) is 0 Å². The summed E-state index contributed by atoms with van der Waals surface area (Å²) in [4.78, 5) is 12.2. The van der Waals surface area contributed by atoms with E-state index in [0.717, 1.165) is 12.3 Å². The van der Waals surface area contributed by atoms with Gasteiger partial charge in [-0.05, 0) is 0 Å². The van der Waals surface area contributed by atoms with Gasteiger partial charge < -0.3 is 0 Å². The predicted molar refractivity (Wildman–Crippen MR) is 99.5 cm³/mol. The Balaban J connectivity index is 4.37. The van der Waals surface area contributed by atoms with E-state index in [-0.39, 0.29) is 12.4 Å². The second-order valence-corrected chi connectivity index (χ2v) is 12.6. The Bertz CT molecular complexity index is 321. The SMILES string of the molecule is CCOCCOCCC(=O)OP(C)(C)(CCOCC)CCOCC. The van der Waals surface area contributed by atoms with E-state index >= 15 is 0 Å². The fourth-order valence-electron chi connectivity index (χ4n) is 2.10. The first-order valence-corrected chi connectivity index (χ1v) is 12.3. The summed E-state index contributed by atoms with van der Waals surface area (Å²) in [6.45, 7) is 12.0. The standard InChI is InChI=1S/C17H37O6P/c1-6-19-11-12-22-10-9-17(18)23-24(4,5,15-13-20-7-2)16-14-21-8-3/h6-16H2,1-5H3. The Morgan fingerprint density at radius 3 is 1.67 bits per heavy atom. The molecule has 24 heavy (non-hydrogen) atoms. The normalized spacial score (nSPS) is 13.5. The molecule has 0 aliphatic rings. The van der Waals surface area contributed by atoms with E-state index < -0.39 is 6.83 Å². The molecule has 0 rings (SSSR count). The van der Waals surface area contributed by atoms with E-state index in [2.05, 4.69) is 13.3 Å². The fourth-order valence-corrected chi connectivity index (χ4v) is 4.69. The molecule has 0 N–H and O–H groups in total. The zero-order valence-corrected chi connectivity index (χ0v) is 17.1. The molecule has 146 valence electrons. The van der Waals surface area contributed by atoms with Crippen LogP contribution in [0.15, 0.2) is 0 Å². The Kier molecular flexibility index (Phi) is 12.9. The van der Waals surface area contributed by atoms with E-state index in [1.807, 2.05) is 20.8 Å². The Morgan fingerprint density at radius 1 is 0.708 bits per heavy atom. The van der Waals surface area contributed by atoms with Crippen LogP contribution in [0.5, 0.6) is 0 Å². The summed E-state index contributed by atoms with van der Waals surface area (Å²) < 4.78 is 27.5. The van der Waals surface area contributed by atoms with Crippen LogP contribution in [0.1, 0.15) is 27.2 Å². The monoisotopic (exact) mass is 368 g/mol. The molecule has 0 atom stereocenters. The van der Waals surface area contributed by atoms with Crippen LogP contribution in [0.2, 0.25) is 0 Å². The van der Waals surface area contributed by atoms with Crippen LogP contribution in [-0.4, -0.2) is 84.5 Å². The third-order valence-electron chi connectivity index (χ3n) is 3.71. The molecule has 0 amide bonds. The van der Waals surface area contributed by atoms with Crippen LogP contribution in [0.3, 0.4) is 0 Å². The second kappa shape index (κ2) is 13.0. The molecule has 0 saturated heterocycles. The van der Waals surface area contributed by atoms with Crippen LogP contribution in [0, 0.1) is 0 Å². The Labute approximate surface area is 147 Å². The summed E-state index contributed by atoms with van der Waals surface area (Å²) in [5.74, 6) is -0.206. The number of ether oxygens (including phenoxy) is 4. The summed E-state index contributed by atoms with van der Waals surface area (Å²) >= 11 is 0. The minimum atomic E-state index is -2.63. The minimum absolute atomic E-state index is 0.206. The molecule has 0 spiro atoms. The molecule has 0 fully saturated rings. The van der Waals surface area contributed by atoms with Gasteiger partial charge in [0.1, 0.15) is 0 Å². The first kappa shape index (κ1) is 23.7. The molecule has 0 aromatic heterocycles. The molecule has 0 aliphatic carbocycles. The van der Waals surface area contributed by atoms with E-state index in [0.29, 0.717) is 52.9 Å². The molecule has 0 heterocycles. The van der Waals surface area contributed by atoms with Crippen molar-refractivity contribution < 1.29 is 28.3 Å². The Hall–Kier alpha value is -0.260. The summed E-state index contributed by atoms with van der Waals surface area (Å²) in [6, 6.07) is 0. The molecule has 6 nitrogen and oxygen atoms in total. The molecule has 0 unspecified atom stereocenters. The van der Waals surface area contributed by atoms with Crippen LogP contribution < -0.4 is 0 Å². The van der Waals surface area contributed by atoms with Gasteiger partial charge in [0.05, 0.1) is 0 Å². The van der Waals surface area contributed by atoms with Crippen molar-refractivity contribution in [3.8, 4) is 0 Å². The molecule has 0 bridgehead atoms. The van der Waals surface area contributed by atoms with Crippen LogP contribution in [0.25, 0.3) is 0 Å². The number of carbonyl (C=O) groups is 1. The van der Waals surface area contributed by atoms with Gasteiger partial charge >= 0.3 is 147 Å². The van der Waals surface area contributed by atoms with Crippen molar-refractivity contribution in [2.24, 2.45) is 0 Å². The van der Waals surface area contributed by atoms with Gasteiger partial charge in [-0.2, -0.15) is 0 Å². The van der Waals surface area contributed by atoms with Crippen LogP contribution in [0.4, 0.5) is 0 Å². The maximum absolute atomic E-state index is 12.2. The molecule has 0 radical (unpaired) electrons. The van der Waals surface area contributed by atoms with Crippen LogP contribution >= 0.6 is 6.83 Å². The van der Waals surface area contributed by atoms with Gasteiger partial charge in [-0.1, -0.05) is 0 Å². The topological polar surface area (TPSA) is 63.2 Å². The van der Waals surface area contributed by atoms with Crippen molar-refractivity contribution in [3.63, 3.8) is 0 Å². The van der Waals surface area contributed by atoms with E-state index in [9.17, 15) is 4.79 Å². The molecule has 0 aromatic rings. The number of hydrogen-bond donors (Lipinski definition) is 0. The van der Waals surface area contributed by atoms with Gasteiger partial charge in [0.25, 0.3) is 0 Å². The first-order chi connectivity index (χ1) is 11.4. The average Bonchev–Trinajstić information content (AvgIpc) is 2.51. The second-order valence-electron chi connectivity index (χ2n) is 6.42. The third-order valence-corrected chi connectivity index (χ3v) is 7.69. The number of carbonyl (C=O) groups excluding carboxylic acids is 1. The van der Waals surface area contributed by atoms with Gasteiger partial charge in [-0.15, -0.1) is 0 Å². The summed E-state index contributed by atoms with van der Waals surface area (Å²) in [5, 5.41) is 0. The molecular weight excluding hydrogens is 331 g/mol. The van der Waals surface area contributed by atoms with Crippen molar-refractivity contribution in [2.45, 2.75) is 27.2 Å². The average molecular weight is 368 g/mol. The predicted octanol–water partition coefficient (Wildman–Crippen LogP) is 2.77. The van der Waals surface area contributed by atoms with Crippen molar-refractivity contribution in [2.75, 3.05) is 78.5 Å². The first-order valence-electron chi connectivity index (χ1n) is 8.90. The maximum atomic E-state index is 12.2. The molecular formula is C17H37O6P. The quantitative estimate of drug-likeness (QED) is 0.308. The fraction of sp³-hybridized carbons (Fsp3) is 0.941. The van der Waals surface area contributed by atoms with Crippen molar-refractivity contribution in [1.82, 2.24) is 0 Å².